The number of hydrogen-bond acceptors (Lipinski definition) is 2. The Kier molecular flexibility index (Phi) is 2.29. The molecular formula is C7H6OS. The van der Waals surface area contributed by atoms with Crippen LogP contribution < -0.4 is 0 Å². The molecule has 46 valence electrons. The third-order valence-electron chi connectivity index (χ3n) is 0.819. The SMILES string of the molecule is CSC#Cc1ccoc1. The van der Waals surface area contributed by atoms with Crippen molar-refractivity contribution in [1.29, 1.82) is 0 Å². The summed E-state index contributed by atoms with van der Waals surface area (Å²) in [5, 5.41) is 2.86. The molecule has 1 heterocycles. The monoisotopic (exact) mass is 138 g/mol. The normalized spacial score (nSPS) is 8.11. The van der Waals surface area contributed by atoms with Gasteiger partial charge < -0.3 is 4.42 Å². The summed E-state index contributed by atoms with van der Waals surface area (Å²) in [5.74, 6) is 2.89. The smallest absolute Gasteiger partial charge is 0.106 e. The maximum Gasteiger partial charge on any atom is 0.106 e. The van der Waals surface area contributed by atoms with Gasteiger partial charge in [-0.05, 0) is 17.6 Å². The minimum atomic E-state index is 0.935. The number of furan rings is 1. The summed E-state index contributed by atoms with van der Waals surface area (Å²) in [6.07, 6.45) is 5.18. The second-order valence-corrected chi connectivity index (χ2v) is 2.06. The summed E-state index contributed by atoms with van der Waals surface area (Å²) in [6.45, 7) is 0. The molecule has 1 rings (SSSR count). The van der Waals surface area contributed by atoms with Gasteiger partial charge in [-0.25, -0.2) is 0 Å². The van der Waals surface area contributed by atoms with Crippen molar-refractivity contribution in [1.82, 2.24) is 0 Å². The molecule has 0 radical (unpaired) electrons. The van der Waals surface area contributed by atoms with Crippen LogP contribution in [0, 0.1) is 11.2 Å². The number of thioether (sulfide) groups is 1. The van der Waals surface area contributed by atoms with E-state index in [1.54, 1.807) is 12.5 Å². The summed E-state index contributed by atoms with van der Waals surface area (Å²) >= 11 is 1.50. The van der Waals surface area contributed by atoms with Crippen LogP contribution in [0.25, 0.3) is 0 Å². The molecule has 1 aromatic rings. The summed E-state index contributed by atoms with van der Waals surface area (Å²) in [7, 11) is 0. The van der Waals surface area contributed by atoms with Crippen LogP contribution in [-0.2, 0) is 0 Å². The minimum absolute atomic E-state index is 0.935. The second-order valence-electron chi connectivity index (χ2n) is 1.44. The largest absolute Gasteiger partial charge is 0.471 e. The van der Waals surface area contributed by atoms with Crippen LogP contribution in [0.1, 0.15) is 5.56 Å². The zero-order chi connectivity index (χ0) is 6.53. The van der Waals surface area contributed by atoms with Crippen LogP contribution in [0.4, 0.5) is 0 Å². The highest BCUT2D eigenvalue weighted by atomic mass is 32.2. The van der Waals surface area contributed by atoms with Gasteiger partial charge in [0.2, 0.25) is 0 Å². The van der Waals surface area contributed by atoms with E-state index < -0.39 is 0 Å². The fraction of sp³-hybridized carbons (Fsp3) is 0.143. The Bertz CT molecular complexity index is 215. The molecule has 0 saturated heterocycles. The first kappa shape index (κ1) is 6.31. The average Bonchev–Trinajstić information content (AvgIpc) is 2.34. The Morgan fingerprint density at radius 3 is 3.11 bits per heavy atom. The molecule has 1 aromatic heterocycles. The highest BCUT2D eigenvalue weighted by Crippen LogP contribution is 1.97. The predicted octanol–water partition coefficient (Wildman–Crippen LogP) is 1.95. The highest BCUT2D eigenvalue weighted by molar-refractivity contribution is 8.03. The zero-order valence-corrected chi connectivity index (χ0v) is 5.87. The maximum absolute atomic E-state index is 4.80. The molecule has 0 spiro atoms. The van der Waals surface area contributed by atoms with E-state index in [-0.39, 0.29) is 0 Å². The van der Waals surface area contributed by atoms with Gasteiger partial charge in [-0.1, -0.05) is 17.7 Å². The van der Waals surface area contributed by atoms with Crippen LogP contribution in [-0.4, -0.2) is 6.26 Å². The minimum Gasteiger partial charge on any atom is -0.471 e. The molecule has 0 bridgehead atoms. The third kappa shape index (κ3) is 1.87. The van der Waals surface area contributed by atoms with E-state index in [1.807, 2.05) is 12.3 Å². The molecule has 0 N–H and O–H groups in total. The van der Waals surface area contributed by atoms with Crippen molar-refractivity contribution in [3.8, 4) is 11.2 Å². The molecule has 0 amide bonds. The van der Waals surface area contributed by atoms with Gasteiger partial charge in [0.15, 0.2) is 0 Å². The Balaban J connectivity index is 2.67. The second kappa shape index (κ2) is 3.26. The molecule has 0 unspecified atom stereocenters. The zero-order valence-electron chi connectivity index (χ0n) is 5.05. The number of rotatable bonds is 0. The first-order valence-electron chi connectivity index (χ1n) is 2.49. The van der Waals surface area contributed by atoms with E-state index in [9.17, 15) is 0 Å². The summed E-state index contributed by atoms with van der Waals surface area (Å²) in [4.78, 5) is 0. The molecule has 0 aliphatic rings. The van der Waals surface area contributed by atoms with Crippen molar-refractivity contribution in [2.45, 2.75) is 0 Å². The van der Waals surface area contributed by atoms with Crippen molar-refractivity contribution in [2.24, 2.45) is 0 Å². The van der Waals surface area contributed by atoms with Gasteiger partial charge >= 0.3 is 0 Å². The molecule has 0 aliphatic carbocycles. The summed E-state index contributed by atoms with van der Waals surface area (Å²) in [5.41, 5.74) is 0.935. The fourth-order valence-corrected chi connectivity index (χ4v) is 0.665. The lowest BCUT2D eigenvalue weighted by molar-refractivity contribution is 0.566. The lowest BCUT2D eigenvalue weighted by atomic mass is 10.4. The van der Waals surface area contributed by atoms with Gasteiger partial charge in [0.25, 0.3) is 0 Å². The Labute approximate surface area is 58.4 Å². The molecule has 2 heteroatoms. The predicted molar refractivity (Wildman–Crippen MR) is 39.1 cm³/mol. The number of hydrogen-bond donors (Lipinski definition) is 0. The first-order valence-corrected chi connectivity index (χ1v) is 3.72. The quantitative estimate of drug-likeness (QED) is 0.508. The molecule has 0 saturated carbocycles. The third-order valence-corrected chi connectivity index (χ3v) is 1.12. The molecule has 9 heavy (non-hydrogen) atoms. The van der Waals surface area contributed by atoms with Gasteiger partial charge in [0, 0.05) is 0 Å². The van der Waals surface area contributed by atoms with E-state index in [1.165, 1.54) is 11.8 Å². The van der Waals surface area contributed by atoms with E-state index in [2.05, 4.69) is 11.2 Å². The summed E-state index contributed by atoms with van der Waals surface area (Å²) < 4.78 is 4.80. The summed E-state index contributed by atoms with van der Waals surface area (Å²) in [6, 6.07) is 1.84. The van der Waals surface area contributed by atoms with Gasteiger partial charge in [-0.15, -0.1) is 0 Å². The molecule has 1 nitrogen and oxygen atoms in total. The topological polar surface area (TPSA) is 13.1 Å². The van der Waals surface area contributed by atoms with Gasteiger partial charge in [0.05, 0.1) is 11.8 Å². The van der Waals surface area contributed by atoms with E-state index >= 15 is 0 Å². The molecule has 0 aromatic carbocycles. The Morgan fingerprint density at radius 1 is 1.67 bits per heavy atom. The van der Waals surface area contributed by atoms with Gasteiger partial charge in [0.1, 0.15) is 6.26 Å². The van der Waals surface area contributed by atoms with E-state index in [0.717, 1.165) is 5.56 Å². The molecule has 0 aliphatic heterocycles. The maximum atomic E-state index is 4.80. The van der Waals surface area contributed by atoms with Crippen molar-refractivity contribution in [3.05, 3.63) is 24.2 Å². The molecule has 0 atom stereocenters. The van der Waals surface area contributed by atoms with E-state index in [4.69, 9.17) is 4.42 Å². The average molecular weight is 138 g/mol. The molecular weight excluding hydrogens is 132 g/mol. The van der Waals surface area contributed by atoms with Crippen LogP contribution in [0.2, 0.25) is 0 Å². The van der Waals surface area contributed by atoms with Crippen molar-refractivity contribution in [3.63, 3.8) is 0 Å². The fourth-order valence-electron chi connectivity index (χ4n) is 0.446. The first-order chi connectivity index (χ1) is 4.43. The van der Waals surface area contributed by atoms with Gasteiger partial charge in [-0.3, -0.25) is 0 Å². The Hall–Kier alpha value is -0.810. The standard InChI is InChI=1S/C7H6OS/c1-9-5-3-7-2-4-8-6-7/h2,4,6H,1H3. The van der Waals surface area contributed by atoms with Crippen LogP contribution in [0.15, 0.2) is 23.0 Å². The van der Waals surface area contributed by atoms with Gasteiger partial charge in [-0.2, -0.15) is 0 Å². The van der Waals surface area contributed by atoms with Crippen LogP contribution in [0.5, 0.6) is 0 Å². The van der Waals surface area contributed by atoms with Crippen molar-refractivity contribution in [2.75, 3.05) is 6.26 Å². The lowest BCUT2D eigenvalue weighted by Gasteiger charge is -1.70. The van der Waals surface area contributed by atoms with Crippen molar-refractivity contribution >= 4 is 11.8 Å². The van der Waals surface area contributed by atoms with Crippen LogP contribution >= 0.6 is 11.8 Å². The van der Waals surface area contributed by atoms with E-state index in [0.29, 0.717) is 0 Å². The highest BCUT2D eigenvalue weighted by Gasteiger charge is 1.82. The van der Waals surface area contributed by atoms with Crippen molar-refractivity contribution < 1.29 is 4.42 Å². The van der Waals surface area contributed by atoms with Crippen LogP contribution in [0.3, 0.4) is 0 Å². The Morgan fingerprint density at radius 2 is 2.56 bits per heavy atom. The lowest BCUT2D eigenvalue weighted by Crippen LogP contribution is -1.58. The molecule has 0 fully saturated rings.